The summed E-state index contributed by atoms with van der Waals surface area (Å²) >= 11 is 0. The molecule has 1 N–H and O–H groups in total. The van der Waals surface area contributed by atoms with Gasteiger partial charge in [0.25, 0.3) is 6.47 Å². The van der Waals surface area contributed by atoms with E-state index in [-0.39, 0.29) is 12.6 Å². The number of aromatic nitrogens is 2. The molecular formula is C20H29F3N4O3. The molecule has 4 rings (SSSR count). The molecule has 10 heteroatoms. The molecule has 168 valence electrons. The predicted molar refractivity (Wildman–Crippen MR) is 104 cm³/mol. The van der Waals surface area contributed by atoms with Crippen LogP contribution in [-0.4, -0.2) is 72.4 Å². The molecule has 0 bridgehead atoms. The van der Waals surface area contributed by atoms with Crippen LogP contribution >= 0.6 is 0 Å². The minimum Gasteiger partial charge on any atom is -0.483 e. The summed E-state index contributed by atoms with van der Waals surface area (Å²) in [6.45, 7) is 2.08. The highest BCUT2D eigenvalue weighted by Crippen LogP contribution is 2.41. The minimum atomic E-state index is -4.44. The lowest BCUT2D eigenvalue weighted by Gasteiger charge is -2.41. The van der Waals surface area contributed by atoms with Crippen molar-refractivity contribution < 1.29 is 27.8 Å². The lowest BCUT2D eigenvalue weighted by molar-refractivity contribution is -0.141. The Morgan fingerprint density at radius 3 is 2.43 bits per heavy atom. The van der Waals surface area contributed by atoms with Crippen LogP contribution in [-0.2, 0) is 15.7 Å². The van der Waals surface area contributed by atoms with E-state index in [1.165, 1.54) is 12.8 Å². The van der Waals surface area contributed by atoms with Crippen molar-refractivity contribution in [3.8, 4) is 0 Å². The average Bonchev–Trinajstić information content (AvgIpc) is 3.42. The van der Waals surface area contributed by atoms with Gasteiger partial charge in [-0.05, 0) is 57.5 Å². The van der Waals surface area contributed by atoms with E-state index in [1.807, 2.05) is 4.90 Å². The Balaban J connectivity index is 0.000000806. The van der Waals surface area contributed by atoms with E-state index in [1.54, 1.807) is 0 Å². The summed E-state index contributed by atoms with van der Waals surface area (Å²) in [6.07, 6.45) is 1.31. The van der Waals surface area contributed by atoms with E-state index in [9.17, 15) is 13.2 Å². The van der Waals surface area contributed by atoms with Crippen molar-refractivity contribution in [3.05, 3.63) is 18.1 Å². The molecule has 4 atom stereocenters. The van der Waals surface area contributed by atoms with Gasteiger partial charge in [-0.3, -0.25) is 4.79 Å². The number of likely N-dealkylation sites (N-methyl/N-ethyl adjacent to an activating group) is 1. The third kappa shape index (κ3) is 5.60. The smallest absolute Gasteiger partial charge is 0.433 e. The van der Waals surface area contributed by atoms with Gasteiger partial charge in [0.1, 0.15) is 17.8 Å². The van der Waals surface area contributed by atoms with E-state index in [0.29, 0.717) is 23.7 Å². The van der Waals surface area contributed by atoms with Crippen LogP contribution in [0.1, 0.15) is 31.4 Å². The third-order valence-electron chi connectivity index (χ3n) is 6.26. The first-order valence-corrected chi connectivity index (χ1v) is 10.2. The molecule has 0 aromatic carbocycles. The summed E-state index contributed by atoms with van der Waals surface area (Å²) < 4.78 is 45.2. The molecule has 2 heterocycles. The van der Waals surface area contributed by atoms with Crippen LogP contribution in [0.5, 0.6) is 0 Å². The van der Waals surface area contributed by atoms with Crippen molar-refractivity contribution in [1.29, 1.82) is 0 Å². The average molecular weight is 430 g/mol. The van der Waals surface area contributed by atoms with Crippen LogP contribution < -0.4 is 4.90 Å². The fourth-order valence-corrected chi connectivity index (χ4v) is 4.52. The zero-order valence-electron chi connectivity index (χ0n) is 17.3. The summed E-state index contributed by atoms with van der Waals surface area (Å²) in [5.74, 6) is 2.01. The van der Waals surface area contributed by atoms with Gasteiger partial charge in [0.15, 0.2) is 0 Å². The quantitative estimate of drug-likeness (QED) is 0.720. The molecule has 0 unspecified atom stereocenters. The van der Waals surface area contributed by atoms with Gasteiger partial charge in [0.05, 0.1) is 6.10 Å². The van der Waals surface area contributed by atoms with Crippen LogP contribution in [0.2, 0.25) is 0 Å². The maximum atomic E-state index is 13.0. The van der Waals surface area contributed by atoms with Gasteiger partial charge < -0.3 is 19.6 Å². The second kappa shape index (κ2) is 9.47. The Kier molecular flexibility index (Phi) is 7.18. The maximum Gasteiger partial charge on any atom is 0.433 e. The van der Waals surface area contributed by atoms with E-state index in [0.717, 1.165) is 50.8 Å². The third-order valence-corrected chi connectivity index (χ3v) is 6.26. The van der Waals surface area contributed by atoms with Gasteiger partial charge in [0.2, 0.25) is 0 Å². The zero-order chi connectivity index (χ0) is 21.9. The number of hydrogen-bond donors (Lipinski definition) is 1. The van der Waals surface area contributed by atoms with Gasteiger partial charge in [-0.1, -0.05) is 0 Å². The molecular weight excluding hydrogens is 401 g/mol. The van der Waals surface area contributed by atoms with Crippen LogP contribution in [0, 0.1) is 17.8 Å². The molecule has 1 aromatic rings. The first-order chi connectivity index (χ1) is 14.2. The Hall–Kier alpha value is -1.94. The summed E-state index contributed by atoms with van der Waals surface area (Å²) in [5, 5.41) is 6.89. The fourth-order valence-electron chi connectivity index (χ4n) is 4.52. The van der Waals surface area contributed by atoms with E-state index < -0.39 is 11.9 Å². The number of fused-ring (bicyclic) bond motifs is 1. The van der Waals surface area contributed by atoms with E-state index in [2.05, 4.69) is 29.0 Å². The molecule has 2 saturated carbocycles. The van der Waals surface area contributed by atoms with Gasteiger partial charge >= 0.3 is 6.18 Å². The molecule has 1 aromatic heterocycles. The van der Waals surface area contributed by atoms with E-state index >= 15 is 0 Å². The van der Waals surface area contributed by atoms with Crippen molar-refractivity contribution in [2.75, 3.05) is 38.7 Å². The number of halogens is 3. The molecule has 1 saturated heterocycles. The summed E-state index contributed by atoms with van der Waals surface area (Å²) in [4.78, 5) is 20.1. The van der Waals surface area contributed by atoms with Gasteiger partial charge in [-0.15, -0.1) is 0 Å². The van der Waals surface area contributed by atoms with Crippen LogP contribution in [0.15, 0.2) is 12.4 Å². The highest BCUT2D eigenvalue weighted by Gasteiger charge is 2.44. The summed E-state index contributed by atoms with van der Waals surface area (Å²) in [7, 11) is 4.18. The number of nitrogens with zero attached hydrogens (tertiary/aromatic N) is 4. The molecule has 0 spiro atoms. The first-order valence-electron chi connectivity index (χ1n) is 10.2. The van der Waals surface area contributed by atoms with Crippen molar-refractivity contribution in [2.45, 2.75) is 44.0 Å². The second-order valence-electron chi connectivity index (χ2n) is 8.61. The topological polar surface area (TPSA) is 78.8 Å². The molecule has 3 aliphatic rings. The van der Waals surface area contributed by atoms with Gasteiger partial charge in [-0.25, -0.2) is 9.97 Å². The van der Waals surface area contributed by atoms with Crippen molar-refractivity contribution in [1.82, 2.24) is 14.9 Å². The maximum absolute atomic E-state index is 13.0. The Labute approximate surface area is 174 Å². The molecule has 1 aliphatic heterocycles. The van der Waals surface area contributed by atoms with Gasteiger partial charge in [-0.2, -0.15) is 13.2 Å². The summed E-state index contributed by atoms with van der Waals surface area (Å²) in [6, 6.07) is 1.43. The van der Waals surface area contributed by atoms with Crippen molar-refractivity contribution in [3.63, 3.8) is 0 Å². The highest BCUT2D eigenvalue weighted by molar-refractivity contribution is 5.41. The molecule has 0 radical (unpaired) electrons. The van der Waals surface area contributed by atoms with Crippen LogP contribution in [0.25, 0.3) is 0 Å². The molecule has 2 aliphatic carbocycles. The number of carboxylic acid groups (broad SMARTS) is 1. The number of ether oxygens (including phenoxy) is 1. The largest absolute Gasteiger partial charge is 0.483 e. The lowest BCUT2D eigenvalue weighted by atomic mass is 9.77. The van der Waals surface area contributed by atoms with E-state index in [4.69, 9.17) is 14.6 Å². The monoisotopic (exact) mass is 430 g/mol. The summed E-state index contributed by atoms with van der Waals surface area (Å²) in [5.41, 5.74) is -0.876. The fraction of sp³-hybridized carbons (Fsp3) is 0.750. The Morgan fingerprint density at radius 1 is 1.23 bits per heavy atom. The highest BCUT2D eigenvalue weighted by atomic mass is 19.4. The van der Waals surface area contributed by atoms with Crippen molar-refractivity contribution >= 4 is 12.3 Å². The SMILES string of the molecule is CN(C)[C@@H]1C[C@@H]2CN(c3cc(C(F)(F)F)ncn3)C[C@@H]2C[C@H]1OCC1CC1.O=CO. The Bertz CT molecular complexity index is 715. The van der Waals surface area contributed by atoms with Crippen LogP contribution in [0.4, 0.5) is 19.0 Å². The molecule has 0 amide bonds. The standard InChI is InChI=1S/C19H27F3N4O.CH2O2/c1-25(2)15-5-13-8-26(18-7-17(19(20,21)22)23-11-24-18)9-14(13)6-16(15)27-10-12-3-4-12;2-1-3/h7,11-16H,3-6,8-10H2,1-2H3;1H,(H,2,3)/t13-,14+,15-,16-;/m1./s1. The number of rotatable bonds is 5. The second-order valence-corrected chi connectivity index (χ2v) is 8.61. The number of alkyl halides is 3. The predicted octanol–water partition coefficient (Wildman–Crippen LogP) is 2.77. The normalized spacial score (nSPS) is 28.7. The molecule has 7 nitrogen and oxygen atoms in total. The van der Waals surface area contributed by atoms with Crippen LogP contribution in [0.3, 0.4) is 0 Å². The molecule has 3 fully saturated rings. The number of anilines is 1. The first kappa shape index (κ1) is 22.7. The number of hydrogen-bond acceptors (Lipinski definition) is 6. The lowest BCUT2D eigenvalue weighted by Crippen LogP contribution is -2.48. The van der Waals surface area contributed by atoms with Gasteiger partial charge in [0, 0.05) is 31.8 Å². The number of carbonyl (C=O) groups is 1. The Morgan fingerprint density at radius 2 is 1.87 bits per heavy atom. The van der Waals surface area contributed by atoms with Crippen molar-refractivity contribution in [2.24, 2.45) is 17.8 Å². The zero-order valence-corrected chi connectivity index (χ0v) is 17.3. The molecule has 30 heavy (non-hydrogen) atoms. The minimum absolute atomic E-state index is 0.206.